The maximum absolute atomic E-state index is 12.5. The van der Waals surface area contributed by atoms with E-state index in [1.54, 1.807) is 0 Å². The molecule has 1 N–H and O–H groups in total. The van der Waals surface area contributed by atoms with Gasteiger partial charge in [-0.25, -0.2) is 0 Å². The summed E-state index contributed by atoms with van der Waals surface area (Å²) in [7, 11) is 0. The largest absolute Gasteiger partial charge is 0.337 e. The molecule has 1 aliphatic carbocycles. The average Bonchev–Trinajstić information content (AvgIpc) is 3.21. The van der Waals surface area contributed by atoms with Crippen LogP contribution in [0.5, 0.6) is 0 Å². The molecule has 1 unspecified atom stereocenters. The number of piperidine rings is 1. The van der Waals surface area contributed by atoms with Gasteiger partial charge in [0.05, 0.1) is 6.04 Å². The number of nitrogens with zero attached hydrogens (tertiary/aromatic N) is 1. The summed E-state index contributed by atoms with van der Waals surface area (Å²) in [5.74, 6) is 0.293. The summed E-state index contributed by atoms with van der Waals surface area (Å²) in [6.07, 6.45) is 4.59. The molecule has 3 rings (SSSR count). The second-order valence-corrected chi connectivity index (χ2v) is 5.82. The summed E-state index contributed by atoms with van der Waals surface area (Å²) in [6, 6.07) is 9.01. The predicted molar refractivity (Wildman–Crippen MR) is 75.8 cm³/mol. The highest BCUT2D eigenvalue weighted by Crippen LogP contribution is 2.23. The molecular weight excluding hydrogens is 236 g/mol. The Bertz CT molecular complexity index is 468. The highest BCUT2D eigenvalue weighted by Gasteiger charge is 2.33. The van der Waals surface area contributed by atoms with E-state index >= 15 is 0 Å². The molecule has 1 amide bonds. The first-order valence-electron chi connectivity index (χ1n) is 7.33. The Morgan fingerprint density at radius 1 is 1.26 bits per heavy atom. The van der Waals surface area contributed by atoms with E-state index in [0.717, 1.165) is 25.9 Å². The van der Waals surface area contributed by atoms with Gasteiger partial charge in [-0.3, -0.25) is 4.79 Å². The van der Waals surface area contributed by atoms with E-state index < -0.39 is 0 Å². The second-order valence-electron chi connectivity index (χ2n) is 5.82. The third-order valence-corrected chi connectivity index (χ3v) is 4.17. The van der Waals surface area contributed by atoms with Gasteiger partial charge < -0.3 is 10.2 Å². The van der Waals surface area contributed by atoms with Crippen LogP contribution in [-0.2, 0) is 11.3 Å². The molecule has 1 saturated carbocycles. The minimum absolute atomic E-state index is 0.0604. The molecular formula is C16H22N2O. The van der Waals surface area contributed by atoms with Crippen LogP contribution in [0, 0.1) is 6.92 Å². The highest BCUT2D eigenvalue weighted by molar-refractivity contribution is 5.82. The lowest BCUT2D eigenvalue weighted by Gasteiger charge is -2.33. The molecule has 2 fully saturated rings. The molecule has 1 aliphatic heterocycles. The number of likely N-dealkylation sites (tertiary alicyclic amines) is 1. The number of hydrogen-bond acceptors (Lipinski definition) is 2. The van der Waals surface area contributed by atoms with E-state index in [2.05, 4.69) is 30.4 Å². The summed E-state index contributed by atoms with van der Waals surface area (Å²) in [6.45, 7) is 3.77. The third-order valence-electron chi connectivity index (χ3n) is 4.17. The minimum atomic E-state index is 0.0604. The SMILES string of the molecule is Cc1ccccc1CN1CCCC(NC2CC2)C1=O. The van der Waals surface area contributed by atoms with Crippen molar-refractivity contribution >= 4 is 5.91 Å². The predicted octanol–water partition coefficient (Wildman–Crippen LogP) is 2.24. The number of hydrogen-bond donors (Lipinski definition) is 1. The van der Waals surface area contributed by atoms with Gasteiger partial charge in [0.1, 0.15) is 0 Å². The van der Waals surface area contributed by atoms with E-state index in [1.165, 1.54) is 24.0 Å². The van der Waals surface area contributed by atoms with Crippen LogP contribution in [0.4, 0.5) is 0 Å². The Labute approximate surface area is 115 Å². The summed E-state index contributed by atoms with van der Waals surface area (Å²) >= 11 is 0. The zero-order valence-corrected chi connectivity index (χ0v) is 11.6. The number of carbonyl (C=O) groups excluding carboxylic acids is 1. The number of amides is 1. The van der Waals surface area contributed by atoms with E-state index in [1.807, 2.05) is 11.0 Å². The molecule has 1 aromatic carbocycles. The number of benzene rings is 1. The van der Waals surface area contributed by atoms with Crippen molar-refractivity contribution in [3.63, 3.8) is 0 Å². The molecule has 0 bridgehead atoms. The third kappa shape index (κ3) is 2.98. The fourth-order valence-electron chi connectivity index (χ4n) is 2.78. The molecule has 0 aromatic heterocycles. The van der Waals surface area contributed by atoms with Gasteiger partial charge in [-0.15, -0.1) is 0 Å². The average molecular weight is 258 g/mol. The summed E-state index contributed by atoms with van der Waals surface area (Å²) in [5.41, 5.74) is 2.54. The minimum Gasteiger partial charge on any atom is -0.337 e. The highest BCUT2D eigenvalue weighted by atomic mass is 16.2. The van der Waals surface area contributed by atoms with Crippen LogP contribution in [0.15, 0.2) is 24.3 Å². The summed E-state index contributed by atoms with van der Waals surface area (Å²) < 4.78 is 0. The molecule has 0 radical (unpaired) electrons. The molecule has 102 valence electrons. The van der Waals surface area contributed by atoms with Gasteiger partial charge in [0.15, 0.2) is 0 Å². The van der Waals surface area contributed by atoms with Crippen molar-refractivity contribution in [1.82, 2.24) is 10.2 Å². The normalized spacial score (nSPS) is 23.7. The molecule has 3 heteroatoms. The van der Waals surface area contributed by atoms with Gasteiger partial charge in [-0.2, -0.15) is 0 Å². The van der Waals surface area contributed by atoms with E-state index in [9.17, 15) is 4.79 Å². The molecule has 1 atom stereocenters. The maximum Gasteiger partial charge on any atom is 0.240 e. The first-order chi connectivity index (χ1) is 9.24. The summed E-state index contributed by atoms with van der Waals surface area (Å²) in [4.78, 5) is 14.5. The molecule has 1 heterocycles. The monoisotopic (exact) mass is 258 g/mol. The Balaban J connectivity index is 1.66. The molecule has 0 spiro atoms. The van der Waals surface area contributed by atoms with E-state index in [-0.39, 0.29) is 6.04 Å². The first-order valence-corrected chi connectivity index (χ1v) is 7.33. The number of nitrogens with one attached hydrogen (secondary N) is 1. The molecule has 2 aliphatic rings. The van der Waals surface area contributed by atoms with Crippen molar-refractivity contribution in [3.05, 3.63) is 35.4 Å². The van der Waals surface area contributed by atoms with Crippen LogP contribution in [0.3, 0.4) is 0 Å². The molecule has 3 nitrogen and oxygen atoms in total. The zero-order chi connectivity index (χ0) is 13.2. The van der Waals surface area contributed by atoms with Gasteiger partial charge in [-0.05, 0) is 43.7 Å². The number of aryl methyl sites for hydroxylation is 1. The Kier molecular flexibility index (Phi) is 3.56. The van der Waals surface area contributed by atoms with Crippen LogP contribution in [0.1, 0.15) is 36.8 Å². The quantitative estimate of drug-likeness (QED) is 0.898. The van der Waals surface area contributed by atoms with Crippen molar-refractivity contribution < 1.29 is 4.79 Å². The lowest BCUT2D eigenvalue weighted by molar-refractivity contribution is -0.136. The standard InChI is InChI=1S/C16H22N2O/c1-12-5-2-3-6-13(12)11-18-10-4-7-15(16(18)19)17-14-8-9-14/h2-3,5-6,14-15,17H,4,7-11H2,1H3. The van der Waals surface area contributed by atoms with Gasteiger partial charge in [0, 0.05) is 19.1 Å². The van der Waals surface area contributed by atoms with Crippen molar-refractivity contribution in [2.24, 2.45) is 0 Å². The Morgan fingerprint density at radius 3 is 2.79 bits per heavy atom. The Morgan fingerprint density at radius 2 is 2.05 bits per heavy atom. The van der Waals surface area contributed by atoms with Gasteiger partial charge in [0.2, 0.25) is 5.91 Å². The van der Waals surface area contributed by atoms with Crippen molar-refractivity contribution in [2.45, 2.75) is 51.2 Å². The second kappa shape index (κ2) is 5.33. The molecule has 19 heavy (non-hydrogen) atoms. The lowest BCUT2D eigenvalue weighted by Crippen LogP contribution is -2.50. The van der Waals surface area contributed by atoms with Gasteiger partial charge in [-0.1, -0.05) is 24.3 Å². The maximum atomic E-state index is 12.5. The molecule has 1 saturated heterocycles. The summed E-state index contributed by atoms with van der Waals surface area (Å²) in [5, 5.41) is 3.48. The first kappa shape index (κ1) is 12.7. The van der Waals surface area contributed by atoms with E-state index in [4.69, 9.17) is 0 Å². The van der Waals surface area contributed by atoms with Gasteiger partial charge >= 0.3 is 0 Å². The van der Waals surface area contributed by atoms with Crippen LogP contribution >= 0.6 is 0 Å². The lowest BCUT2D eigenvalue weighted by atomic mass is 10.0. The van der Waals surface area contributed by atoms with Crippen LogP contribution in [-0.4, -0.2) is 29.4 Å². The van der Waals surface area contributed by atoms with Crippen LogP contribution in [0.25, 0.3) is 0 Å². The fraction of sp³-hybridized carbons (Fsp3) is 0.562. The van der Waals surface area contributed by atoms with Crippen LogP contribution < -0.4 is 5.32 Å². The van der Waals surface area contributed by atoms with Crippen molar-refractivity contribution in [3.8, 4) is 0 Å². The number of rotatable bonds is 4. The fourth-order valence-corrected chi connectivity index (χ4v) is 2.78. The van der Waals surface area contributed by atoms with Gasteiger partial charge in [0.25, 0.3) is 0 Å². The van der Waals surface area contributed by atoms with E-state index in [0.29, 0.717) is 11.9 Å². The number of carbonyl (C=O) groups is 1. The molecule has 1 aromatic rings. The smallest absolute Gasteiger partial charge is 0.240 e. The topological polar surface area (TPSA) is 32.3 Å². The van der Waals surface area contributed by atoms with Crippen molar-refractivity contribution in [1.29, 1.82) is 0 Å². The van der Waals surface area contributed by atoms with Crippen LogP contribution in [0.2, 0.25) is 0 Å². The zero-order valence-electron chi connectivity index (χ0n) is 11.6. The Hall–Kier alpha value is -1.35. The van der Waals surface area contributed by atoms with Crippen molar-refractivity contribution in [2.75, 3.05) is 6.54 Å².